The lowest BCUT2D eigenvalue weighted by molar-refractivity contribution is -0.126. The van der Waals surface area contributed by atoms with Gasteiger partial charge in [0, 0.05) is 32.1 Å². The van der Waals surface area contributed by atoms with Crippen molar-refractivity contribution in [2.75, 3.05) is 33.8 Å². The summed E-state index contributed by atoms with van der Waals surface area (Å²) in [7, 11) is 3.95. The van der Waals surface area contributed by atoms with Gasteiger partial charge in [0.15, 0.2) is 0 Å². The van der Waals surface area contributed by atoms with Crippen LogP contribution in [0.2, 0.25) is 0 Å². The Morgan fingerprint density at radius 2 is 1.93 bits per heavy atom. The van der Waals surface area contributed by atoms with Gasteiger partial charge in [-0.05, 0) is 61.1 Å². The average molecular weight is 368 g/mol. The number of rotatable bonds is 7. The molecular weight excluding hydrogens is 343 g/mol. The Kier molecular flexibility index (Phi) is 6.24. The zero-order valence-electron chi connectivity index (χ0n) is 15.8. The second-order valence-electron chi connectivity index (χ2n) is 6.99. The monoisotopic (exact) mass is 368 g/mol. The zero-order chi connectivity index (χ0) is 19.2. The number of fused-ring (bicyclic) bond motifs is 1. The highest BCUT2D eigenvalue weighted by molar-refractivity contribution is 5.91. The minimum absolute atomic E-state index is 0.0575. The lowest BCUT2D eigenvalue weighted by Gasteiger charge is -2.23. The van der Waals surface area contributed by atoms with Crippen molar-refractivity contribution in [1.29, 1.82) is 0 Å². The SMILES string of the molecule is CN(C)CCN(Cc1ccc(F)cc1)C(=O)/C=C/c1ccc2c(c1)CCO2. The van der Waals surface area contributed by atoms with Gasteiger partial charge in [-0.15, -0.1) is 0 Å². The van der Waals surface area contributed by atoms with Crippen molar-refractivity contribution in [3.8, 4) is 5.75 Å². The molecule has 0 aromatic heterocycles. The lowest BCUT2D eigenvalue weighted by atomic mass is 10.1. The van der Waals surface area contributed by atoms with Crippen LogP contribution in [0.4, 0.5) is 4.39 Å². The van der Waals surface area contributed by atoms with Crippen molar-refractivity contribution in [1.82, 2.24) is 9.80 Å². The Hall–Kier alpha value is -2.66. The van der Waals surface area contributed by atoms with Gasteiger partial charge in [0.25, 0.3) is 0 Å². The first-order valence-electron chi connectivity index (χ1n) is 9.13. The fraction of sp³-hybridized carbons (Fsp3) is 0.318. The number of halogens is 1. The van der Waals surface area contributed by atoms with Crippen LogP contribution < -0.4 is 4.74 Å². The molecule has 0 radical (unpaired) electrons. The van der Waals surface area contributed by atoms with Gasteiger partial charge in [0.1, 0.15) is 11.6 Å². The normalized spacial score (nSPS) is 13.0. The molecule has 0 N–H and O–H groups in total. The largest absolute Gasteiger partial charge is 0.493 e. The number of carbonyl (C=O) groups is 1. The summed E-state index contributed by atoms with van der Waals surface area (Å²) in [6.07, 6.45) is 4.36. The predicted molar refractivity (Wildman–Crippen MR) is 105 cm³/mol. The first kappa shape index (κ1) is 19.1. The van der Waals surface area contributed by atoms with Crippen LogP contribution in [0.1, 0.15) is 16.7 Å². The maximum Gasteiger partial charge on any atom is 0.246 e. The lowest BCUT2D eigenvalue weighted by Crippen LogP contribution is -2.35. The molecule has 0 saturated heterocycles. The number of benzene rings is 2. The van der Waals surface area contributed by atoms with Gasteiger partial charge in [-0.25, -0.2) is 4.39 Å². The topological polar surface area (TPSA) is 32.8 Å². The first-order chi connectivity index (χ1) is 13.0. The van der Waals surface area contributed by atoms with Gasteiger partial charge >= 0.3 is 0 Å². The molecule has 0 saturated carbocycles. The first-order valence-corrected chi connectivity index (χ1v) is 9.13. The molecule has 2 aromatic rings. The van der Waals surface area contributed by atoms with Crippen molar-refractivity contribution in [3.05, 3.63) is 71.0 Å². The standard InChI is InChI=1S/C22H25FN2O2/c1-24(2)12-13-25(16-18-3-7-20(23)8-4-18)22(26)10-6-17-5-9-21-19(15-17)11-14-27-21/h3-10,15H,11-14,16H2,1-2H3/b10-6+. The summed E-state index contributed by atoms with van der Waals surface area (Å²) in [4.78, 5) is 16.6. The van der Waals surface area contributed by atoms with Crippen LogP contribution in [-0.4, -0.2) is 49.5 Å². The molecule has 0 fully saturated rings. The van der Waals surface area contributed by atoms with E-state index < -0.39 is 0 Å². The van der Waals surface area contributed by atoms with E-state index in [0.717, 1.165) is 36.4 Å². The van der Waals surface area contributed by atoms with E-state index in [1.54, 1.807) is 23.1 Å². The number of carbonyl (C=O) groups excluding carboxylic acids is 1. The fourth-order valence-corrected chi connectivity index (χ4v) is 2.98. The van der Waals surface area contributed by atoms with Gasteiger partial charge in [0.2, 0.25) is 5.91 Å². The van der Waals surface area contributed by atoms with Crippen molar-refractivity contribution < 1.29 is 13.9 Å². The average Bonchev–Trinajstić information content (AvgIpc) is 3.12. The number of hydrogen-bond donors (Lipinski definition) is 0. The van der Waals surface area contributed by atoms with Crippen LogP contribution in [-0.2, 0) is 17.8 Å². The number of amides is 1. The van der Waals surface area contributed by atoms with Crippen LogP contribution in [0.3, 0.4) is 0 Å². The molecule has 0 spiro atoms. The molecule has 4 nitrogen and oxygen atoms in total. The fourth-order valence-electron chi connectivity index (χ4n) is 2.98. The summed E-state index contributed by atoms with van der Waals surface area (Å²) in [6.45, 7) is 2.54. The van der Waals surface area contributed by atoms with Gasteiger partial charge in [0.05, 0.1) is 6.61 Å². The van der Waals surface area contributed by atoms with E-state index in [1.165, 1.54) is 17.7 Å². The molecule has 0 bridgehead atoms. The molecule has 0 unspecified atom stereocenters. The van der Waals surface area contributed by atoms with Crippen molar-refractivity contribution in [2.45, 2.75) is 13.0 Å². The van der Waals surface area contributed by atoms with E-state index in [1.807, 2.05) is 37.2 Å². The third-order valence-electron chi connectivity index (χ3n) is 4.55. The molecule has 142 valence electrons. The highest BCUT2D eigenvalue weighted by Crippen LogP contribution is 2.26. The summed E-state index contributed by atoms with van der Waals surface area (Å²) in [5, 5.41) is 0. The molecular formula is C22H25FN2O2. The van der Waals surface area contributed by atoms with E-state index in [2.05, 4.69) is 6.07 Å². The van der Waals surface area contributed by atoms with Crippen molar-refractivity contribution >= 4 is 12.0 Å². The van der Waals surface area contributed by atoms with E-state index >= 15 is 0 Å². The summed E-state index contributed by atoms with van der Waals surface area (Å²) < 4.78 is 18.6. The molecule has 27 heavy (non-hydrogen) atoms. The van der Waals surface area contributed by atoms with Crippen LogP contribution >= 0.6 is 0 Å². The van der Waals surface area contributed by atoms with Gasteiger partial charge in [-0.1, -0.05) is 18.2 Å². The number of ether oxygens (including phenoxy) is 1. The van der Waals surface area contributed by atoms with E-state index in [-0.39, 0.29) is 11.7 Å². The second-order valence-corrected chi connectivity index (χ2v) is 6.99. The summed E-state index contributed by atoms with van der Waals surface area (Å²) >= 11 is 0. The van der Waals surface area contributed by atoms with Gasteiger partial charge in [-0.3, -0.25) is 4.79 Å². The van der Waals surface area contributed by atoms with Crippen molar-refractivity contribution in [3.63, 3.8) is 0 Å². The Bertz CT molecular complexity index is 816. The Morgan fingerprint density at radius 3 is 2.67 bits per heavy atom. The Labute approximate surface area is 159 Å². The number of hydrogen-bond acceptors (Lipinski definition) is 3. The predicted octanol–water partition coefficient (Wildman–Crippen LogP) is 3.36. The van der Waals surface area contributed by atoms with Crippen molar-refractivity contribution in [2.24, 2.45) is 0 Å². The van der Waals surface area contributed by atoms with Crippen LogP contribution in [0.25, 0.3) is 6.08 Å². The number of likely N-dealkylation sites (N-methyl/N-ethyl adjacent to an activating group) is 1. The maximum absolute atomic E-state index is 13.1. The molecule has 0 aliphatic carbocycles. The molecule has 1 aliphatic heterocycles. The highest BCUT2D eigenvalue weighted by atomic mass is 19.1. The van der Waals surface area contributed by atoms with Gasteiger partial charge in [-0.2, -0.15) is 0 Å². The van der Waals surface area contributed by atoms with E-state index in [4.69, 9.17) is 4.74 Å². The van der Waals surface area contributed by atoms with E-state index in [0.29, 0.717) is 13.1 Å². The highest BCUT2D eigenvalue weighted by Gasteiger charge is 2.13. The van der Waals surface area contributed by atoms with E-state index in [9.17, 15) is 9.18 Å². The summed E-state index contributed by atoms with van der Waals surface area (Å²) in [6, 6.07) is 12.3. The molecule has 1 aliphatic rings. The minimum Gasteiger partial charge on any atom is -0.493 e. The maximum atomic E-state index is 13.1. The quantitative estimate of drug-likeness (QED) is 0.703. The summed E-state index contributed by atoms with van der Waals surface area (Å²) in [5.74, 6) is 0.603. The van der Waals surface area contributed by atoms with Crippen LogP contribution in [0.15, 0.2) is 48.5 Å². The zero-order valence-corrected chi connectivity index (χ0v) is 15.8. The molecule has 1 heterocycles. The molecule has 1 amide bonds. The molecule has 3 rings (SSSR count). The smallest absolute Gasteiger partial charge is 0.246 e. The van der Waals surface area contributed by atoms with Gasteiger partial charge < -0.3 is 14.5 Å². The van der Waals surface area contributed by atoms with Crippen LogP contribution in [0.5, 0.6) is 5.75 Å². The van der Waals surface area contributed by atoms with Crippen LogP contribution in [0, 0.1) is 5.82 Å². The Balaban J connectivity index is 1.70. The molecule has 0 atom stereocenters. The molecule has 5 heteroatoms. The second kappa shape index (κ2) is 8.82. The third kappa shape index (κ3) is 5.41. The number of nitrogens with zero attached hydrogens (tertiary/aromatic N) is 2. The third-order valence-corrected chi connectivity index (χ3v) is 4.55. The Morgan fingerprint density at radius 1 is 1.15 bits per heavy atom. The summed E-state index contributed by atoms with van der Waals surface area (Å²) in [5.41, 5.74) is 3.08. The minimum atomic E-state index is -0.273. The molecule has 2 aromatic carbocycles.